The third-order valence-corrected chi connectivity index (χ3v) is 2.26. The second-order valence-corrected chi connectivity index (χ2v) is 3.48. The maximum atomic E-state index is 9.09. The number of benzene rings is 1. The third-order valence-electron chi connectivity index (χ3n) is 2.26. The molecule has 0 radical (unpaired) electrons. The van der Waals surface area contributed by atoms with Crippen molar-refractivity contribution in [3.05, 3.63) is 29.8 Å². The maximum absolute atomic E-state index is 9.09. The molecule has 2 N–H and O–H groups in total. The topological polar surface area (TPSA) is 32.3 Å². The van der Waals surface area contributed by atoms with Crippen molar-refractivity contribution in [3.8, 4) is 5.75 Å². The Morgan fingerprint density at radius 2 is 1.86 bits per heavy atom. The largest absolute Gasteiger partial charge is 0.508 e. The van der Waals surface area contributed by atoms with Crippen molar-refractivity contribution < 1.29 is 5.11 Å². The molecule has 0 unspecified atom stereocenters. The summed E-state index contributed by atoms with van der Waals surface area (Å²) in [6, 6.07) is 7.48. The van der Waals surface area contributed by atoms with Crippen LogP contribution in [-0.4, -0.2) is 18.2 Å². The number of phenols is 1. The molecule has 0 aromatic heterocycles. The number of nitrogens with one attached hydrogen (secondary N) is 1. The van der Waals surface area contributed by atoms with Crippen LogP contribution in [0.3, 0.4) is 0 Å². The van der Waals surface area contributed by atoms with Gasteiger partial charge in [-0.25, -0.2) is 0 Å². The van der Waals surface area contributed by atoms with Crippen LogP contribution in [0.15, 0.2) is 24.3 Å². The van der Waals surface area contributed by atoms with E-state index < -0.39 is 0 Å². The van der Waals surface area contributed by atoms with Crippen LogP contribution in [0.5, 0.6) is 5.75 Å². The van der Waals surface area contributed by atoms with Gasteiger partial charge in [0.25, 0.3) is 0 Å². The van der Waals surface area contributed by atoms with Crippen LogP contribution >= 0.6 is 0 Å². The molecule has 0 aliphatic heterocycles. The van der Waals surface area contributed by atoms with Crippen LogP contribution in [0.25, 0.3) is 0 Å². The molecular weight excluding hydrogens is 174 g/mol. The Bertz CT molecular complexity index is 243. The van der Waals surface area contributed by atoms with E-state index in [-0.39, 0.29) is 0 Å². The molecule has 2 heteroatoms. The maximum Gasteiger partial charge on any atom is 0.115 e. The number of phenolic OH excluding ortho intramolecular Hbond substituents is 1. The predicted octanol–water partition coefficient (Wildman–Crippen LogP) is 2.32. The van der Waals surface area contributed by atoms with Gasteiger partial charge in [-0.2, -0.15) is 0 Å². The summed E-state index contributed by atoms with van der Waals surface area (Å²) in [5.41, 5.74) is 1.30. The summed E-state index contributed by atoms with van der Waals surface area (Å²) in [6.07, 6.45) is 3.53. The number of aromatic hydroxyl groups is 1. The molecule has 0 saturated carbocycles. The fourth-order valence-corrected chi connectivity index (χ4v) is 1.42. The summed E-state index contributed by atoms with van der Waals surface area (Å²) in [6.45, 7) is 4.29. The first kappa shape index (κ1) is 11.1. The number of hydrogen-bond acceptors (Lipinski definition) is 2. The fourth-order valence-electron chi connectivity index (χ4n) is 1.42. The number of aryl methyl sites for hydroxylation is 1. The van der Waals surface area contributed by atoms with E-state index in [1.54, 1.807) is 12.1 Å². The second-order valence-electron chi connectivity index (χ2n) is 3.48. The zero-order valence-electron chi connectivity index (χ0n) is 8.79. The van der Waals surface area contributed by atoms with Crippen LogP contribution in [0.2, 0.25) is 0 Å². The van der Waals surface area contributed by atoms with E-state index in [0.29, 0.717) is 5.75 Å². The van der Waals surface area contributed by atoms with E-state index >= 15 is 0 Å². The van der Waals surface area contributed by atoms with Gasteiger partial charge in [0.05, 0.1) is 0 Å². The lowest BCUT2D eigenvalue weighted by Crippen LogP contribution is -2.13. The molecule has 0 spiro atoms. The van der Waals surface area contributed by atoms with Gasteiger partial charge in [-0.1, -0.05) is 19.1 Å². The highest BCUT2D eigenvalue weighted by molar-refractivity contribution is 5.25. The van der Waals surface area contributed by atoms with Crippen LogP contribution in [-0.2, 0) is 6.42 Å². The standard InChI is InChI=1S/C12H19NO/c1-2-13-10-4-3-5-11-6-8-12(14)9-7-11/h6-9,13-14H,2-5,10H2,1H3. The molecular formula is C12H19NO. The first-order valence-electron chi connectivity index (χ1n) is 5.31. The quantitative estimate of drug-likeness (QED) is 0.680. The van der Waals surface area contributed by atoms with E-state index in [2.05, 4.69) is 12.2 Å². The molecule has 78 valence electrons. The van der Waals surface area contributed by atoms with E-state index in [0.717, 1.165) is 19.5 Å². The molecule has 14 heavy (non-hydrogen) atoms. The Kier molecular flexibility index (Phi) is 5.08. The Morgan fingerprint density at radius 1 is 1.14 bits per heavy atom. The monoisotopic (exact) mass is 193 g/mol. The number of hydrogen-bond donors (Lipinski definition) is 2. The van der Waals surface area contributed by atoms with Crippen molar-refractivity contribution >= 4 is 0 Å². The summed E-state index contributed by atoms with van der Waals surface area (Å²) in [5.74, 6) is 0.349. The first-order chi connectivity index (χ1) is 6.83. The minimum absolute atomic E-state index is 0.349. The SMILES string of the molecule is CCNCCCCc1ccc(O)cc1. The lowest BCUT2D eigenvalue weighted by Gasteiger charge is -2.02. The number of rotatable bonds is 6. The van der Waals surface area contributed by atoms with Crippen molar-refractivity contribution in [1.29, 1.82) is 0 Å². The van der Waals surface area contributed by atoms with Gasteiger partial charge in [0, 0.05) is 0 Å². The zero-order valence-corrected chi connectivity index (χ0v) is 8.79. The van der Waals surface area contributed by atoms with Gasteiger partial charge in [-0.15, -0.1) is 0 Å². The van der Waals surface area contributed by atoms with E-state index in [1.807, 2.05) is 12.1 Å². The Hall–Kier alpha value is -1.02. The molecule has 0 heterocycles. The average Bonchev–Trinajstić information content (AvgIpc) is 2.21. The van der Waals surface area contributed by atoms with E-state index in [4.69, 9.17) is 5.11 Å². The highest BCUT2D eigenvalue weighted by atomic mass is 16.3. The second kappa shape index (κ2) is 6.44. The zero-order chi connectivity index (χ0) is 10.2. The van der Waals surface area contributed by atoms with Crippen molar-refractivity contribution in [2.45, 2.75) is 26.2 Å². The molecule has 0 atom stereocenters. The summed E-state index contributed by atoms with van der Waals surface area (Å²) in [5, 5.41) is 12.4. The van der Waals surface area contributed by atoms with Gasteiger partial charge >= 0.3 is 0 Å². The first-order valence-corrected chi connectivity index (χ1v) is 5.31. The minimum atomic E-state index is 0.349. The third kappa shape index (κ3) is 4.28. The van der Waals surface area contributed by atoms with Crippen molar-refractivity contribution in [2.75, 3.05) is 13.1 Å². The van der Waals surface area contributed by atoms with Gasteiger partial charge in [0.1, 0.15) is 5.75 Å². The molecule has 0 aliphatic rings. The molecule has 0 saturated heterocycles. The van der Waals surface area contributed by atoms with Gasteiger partial charge in [0.2, 0.25) is 0 Å². The van der Waals surface area contributed by atoms with Crippen molar-refractivity contribution in [1.82, 2.24) is 5.32 Å². The van der Waals surface area contributed by atoms with Crippen molar-refractivity contribution in [2.24, 2.45) is 0 Å². The van der Waals surface area contributed by atoms with Crippen LogP contribution < -0.4 is 5.32 Å². The summed E-state index contributed by atoms with van der Waals surface area (Å²) >= 11 is 0. The average molecular weight is 193 g/mol. The van der Waals surface area contributed by atoms with Gasteiger partial charge in [-0.3, -0.25) is 0 Å². The Morgan fingerprint density at radius 3 is 2.50 bits per heavy atom. The highest BCUT2D eigenvalue weighted by Crippen LogP contribution is 2.11. The fraction of sp³-hybridized carbons (Fsp3) is 0.500. The Labute approximate surface area is 86.0 Å². The molecule has 0 bridgehead atoms. The van der Waals surface area contributed by atoms with Gasteiger partial charge < -0.3 is 10.4 Å². The van der Waals surface area contributed by atoms with Crippen LogP contribution in [0.4, 0.5) is 0 Å². The molecule has 1 aromatic rings. The molecule has 0 amide bonds. The molecule has 0 fully saturated rings. The highest BCUT2D eigenvalue weighted by Gasteiger charge is 1.93. The van der Waals surface area contributed by atoms with Crippen LogP contribution in [0.1, 0.15) is 25.3 Å². The molecule has 0 aliphatic carbocycles. The smallest absolute Gasteiger partial charge is 0.115 e. The summed E-state index contributed by atoms with van der Waals surface area (Å²) in [7, 11) is 0. The molecule has 1 rings (SSSR count). The Balaban J connectivity index is 2.15. The lowest BCUT2D eigenvalue weighted by atomic mass is 10.1. The summed E-state index contributed by atoms with van der Waals surface area (Å²) in [4.78, 5) is 0. The predicted molar refractivity (Wildman–Crippen MR) is 59.6 cm³/mol. The van der Waals surface area contributed by atoms with Gasteiger partial charge in [0.15, 0.2) is 0 Å². The van der Waals surface area contributed by atoms with Gasteiger partial charge in [-0.05, 0) is 50.0 Å². The minimum Gasteiger partial charge on any atom is -0.508 e. The molecule has 2 nitrogen and oxygen atoms in total. The van der Waals surface area contributed by atoms with E-state index in [9.17, 15) is 0 Å². The van der Waals surface area contributed by atoms with Crippen molar-refractivity contribution in [3.63, 3.8) is 0 Å². The normalized spacial score (nSPS) is 10.4. The van der Waals surface area contributed by atoms with Crippen LogP contribution in [0, 0.1) is 0 Å². The number of unbranched alkanes of at least 4 members (excludes halogenated alkanes) is 1. The molecule has 1 aromatic carbocycles. The lowest BCUT2D eigenvalue weighted by molar-refractivity contribution is 0.475. The van der Waals surface area contributed by atoms with E-state index in [1.165, 1.54) is 18.4 Å². The summed E-state index contributed by atoms with van der Waals surface area (Å²) < 4.78 is 0.